The van der Waals surface area contributed by atoms with E-state index in [4.69, 9.17) is 9.72 Å². The van der Waals surface area contributed by atoms with Gasteiger partial charge in [0.15, 0.2) is 0 Å². The fraction of sp³-hybridized carbons (Fsp3) is 0.455. The predicted octanol–water partition coefficient (Wildman–Crippen LogP) is 2.78. The molecule has 0 bridgehead atoms. The van der Waals surface area contributed by atoms with E-state index in [0.717, 1.165) is 58.2 Å². The Kier molecular flexibility index (Phi) is 5.75. The van der Waals surface area contributed by atoms with Crippen molar-refractivity contribution in [3.8, 4) is 6.07 Å². The van der Waals surface area contributed by atoms with Crippen LogP contribution in [0.3, 0.4) is 0 Å². The highest BCUT2D eigenvalue weighted by atomic mass is 16.5. The molecule has 1 N–H and O–H groups in total. The molecule has 0 amide bonds. The predicted molar refractivity (Wildman–Crippen MR) is 110 cm³/mol. The second kappa shape index (κ2) is 8.59. The Morgan fingerprint density at radius 3 is 2.64 bits per heavy atom. The number of rotatable bonds is 5. The van der Waals surface area contributed by atoms with Crippen LogP contribution in [0.2, 0.25) is 0 Å². The summed E-state index contributed by atoms with van der Waals surface area (Å²) < 4.78 is 5.54. The van der Waals surface area contributed by atoms with Crippen molar-refractivity contribution in [2.45, 2.75) is 26.4 Å². The van der Waals surface area contributed by atoms with E-state index >= 15 is 0 Å². The minimum absolute atomic E-state index is 0.658. The second-order valence-corrected chi connectivity index (χ2v) is 7.29. The molecular weight excluding hydrogens is 350 g/mol. The van der Waals surface area contributed by atoms with Crippen molar-refractivity contribution in [3.05, 3.63) is 52.6 Å². The molecule has 0 unspecified atom stereocenters. The van der Waals surface area contributed by atoms with Gasteiger partial charge in [-0.05, 0) is 24.1 Å². The summed E-state index contributed by atoms with van der Waals surface area (Å²) in [5.74, 6) is 1.72. The molecule has 6 heteroatoms. The van der Waals surface area contributed by atoms with Gasteiger partial charge in [-0.1, -0.05) is 37.3 Å². The van der Waals surface area contributed by atoms with Gasteiger partial charge in [0.1, 0.15) is 17.7 Å². The van der Waals surface area contributed by atoms with E-state index in [1.807, 2.05) is 18.2 Å². The fourth-order valence-corrected chi connectivity index (χ4v) is 4.01. The zero-order valence-electron chi connectivity index (χ0n) is 16.4. The van der Waals surface area contributed by atoms with Gasteiger partial charge in [-0.2, -0.15) is 5.26 Å². The van der Waals surface area contributed by atoms with Crippen molar-refractivity contribution in [1.82, 2.24) is 9.88 Å². The van der Waals surface area contributed by atoms with E-state index in [2.05, 4.69) is 40.2 Å². The highest BCUT2D eigenvalue weighted by Gasteiger charge is 2.28. The third-order valence-electron chi connectivity index (χ3n) is 5.62. The molecule has 3 heterocycles. The van der Waals surface area contributed by atoms with E-state index in [1.54, 1.807) is 0 Å². The van der Waals surface area contributed by atoms with Gasteiger partial charge in [0, 0.05) is 38.3 Å². The number of hydrogen-bond acceptors (Lipinski definition) is 6. The quantitative estimate of drug-likeness (QED) is 0.864. The Morgan fingerprint density at radius 1 is 1.14 bits per heavy atom. The lowest BCUT2D eigenvalue weighted by molar-refractivity contribution is 0.122. The van der Waals surface area contributed by atoms with Gasteiger partial charge in [-0.25, -0.2) is 4.98 Å². The summed E-state index contributed by atoms with van der Waals surface area (Å²) in [5, 5.41) is 13.3. The van der Waals surface area contributed by atoms with Crippen LogP contribution in [0, 0.1) is 11.3 Å². The van der Waals surface area contributed by atoms with Gasteiger partial charge in [0.25, 0.3) is 0 Å². The Bertz CT molecular complexity index is 855. The zero-order chi connectivity index (χ0) is 19.3. The third kappa shape index (κ3) is 3.82. The highest BCUT2D eigenvalue weighted by molar-refractivity contribution is 5.67. The lowest BCUT2D eigenvalue weighted by atomic mass is 9.95. The molecule has 4 rings (SSSR count). The molecule has 0 spiro atoms. The first-order chi connectivity index (χ1) is 13.8. The number of ether oxygens (including phenoxy) is 1. The molecule has 1 aromatic carbocycles. The Morgan fingerprint density at radius 2 is 1.93 bits per heavy atom. The van der Waals surface area contributed by atoms with Crippen LogP contribution >= 0.6 is 0 Å². The maximum atomic E-state index is 9.92. The number of nitrogens with zero attached hydrogens (tertiary/aromatic N) is 4. The van der Waals surface area contributed by atoms with E-state index in [1.165, 1.54) is 16.7 Å². The molecule has 2 aliphatic rings. The summed E-state index contributed by atoms with van der Waals surface area (Å²) in [7, 11) is 0. The van der Waals surface area contributed by atoms with Gasteiger partial charge in [0.2, 0.25) is 0 Å². The van der Waals surface area contributed by atoms with Crippen molar-refractivity contribution in [2.24, 2.45) is 0 Å². The molecule has 28 heavy (non-hydrogen) atoms. The molecule has 0 radical (unpaired) electrons. The van der Waals surface area contributed by atoms with Gasteiger partial charge in [-0.15, -0.1) is 0 Å². The van der Waals surface area contributed by atoms with Crippen molar-refractivity contribution < 1.29 is 4.74 Å². The second-order valence-electron chi connectivity index (χ2n) is 7.29. The zero-order valence-corrected chi connectivity index (χ0v) is 16.4. The first-order valence-corrected chi connectivity index (χ1v) is 10.1. The number of likely N-dealkylation sites (N-methyl/N-ethyl adjacent to an activating group) is 1. The lowest BCUT2D eigenvalue weighted by Crippen LogP contribution is -2.39. The van der Waals surface area contributed by atoms with Gasteiger partial charge in [0.05, 0.1) is 18.8 Å². The van der Waals surface area contributed by atoms with E-state index < -0.39 is 0 Å². The van der Waals surface area contributed by atoms with E-state index in [-0.39, 0.29) is 0 Å². The Balaban J connectivity index is 1.72. The molecule has 2 aliphatic heterocycles. The van der Waals surface area contributed by atoms with Crippen LogP contribution in [0.5, 0.6) is 0 Å². The standard InChI is InChI=1S/C22H27N5O/c1-2-26-9-8-18-19(14-23)21(24-15-17-6-4-3-5-7-17)25-22(20(18)16-26)27-10-12-28-13-11-27/h3-7H,2,8-13,15-16H2,1H3,(H,24,25). The molecule has 146 valence electrons. The number of pyridine rings is 1. The number of morpholine rings is 1. The molecule has 1 aromatic heterocycles. The van der Waals surface area contributed by atoms with Crippen molar-refractivity contribution in [1.29, 1.82) is 5.26 Å². The largest absolute Gasteiger partial charge is 0.378 e. The monoisotopic (exact) mass is 377 g/mol. The fourth-order valence-electron chi connectivity index (χ4n) is 4.01. The summed E-state index contributed by atoms with van der Waals surface area (Å²) >= 11 is 0. The number of aromatic nitrogens is 1. The first kappa shape index (κ1) is 18.7. The molecule has 0 aliphatic carbocycles. The van der Waals surface area contributed by atoms with Crippen LogP contribution in [0.25, 0.3) is 0 Å². The van der Waals surface area contributed by atoms with Crippen molar-refractivity contribution in [3.63, 3.8) is 0 Å². The molecule has 2 aromatic rings. The molecule has 0 atom stereocenters. The van der Waals surface area contributed by atoms with Crippen molar-refractivity contribution >= 4 is 11.6 Å². The average Bonchev–Trinajstić information content (AvgIpc) is 2.77. The molecule has 1 saturated heterocycles. The van der Waals surface area contributed by atoms with Gasteiger partial charge >= 0.3 is 0 Å². The van der Waals surface area contributed by atoms with Crippen LogP contribution < -0.4 is 10.2 Å². The smallest absolute Gasteiger partial charge is 0.146 e. The van der Waals surface area contributed by atoms with Crippen LogP contribution in [-0.4, -0.2) is 49.3 Å². The van der Waals surface area contributed by atoms with Crippen LogP contribution in [-0.2, 0) is 24.2 Å². The summed E-state index contributed by atoms with van der Waals surface area (Å²) in [6.07, 6.45) is 0.895. The SMILES string of the molecule is CCN1CCc2c(C#N)c(NCc3ccccc3)nc(N3CCOCC3)c2C1. The number of nitrogens with one attached hydrogen (secondary N) is 1. The number of anilines is 2. The summed E-state index contributed by atoms with van der Waals surface area (Å²) in [4.78, 5) is 9.71. The van der Waals surface area contributed by atoms with Crippen LogP contribution in [0.1, 0.15) is 29.2 Å². The third-order valence-corrected chi connectivity index (χ3v) is 5.62. The minimum Gasteiger partial charge on any atom is -0.378 e. The number of hydrogen-bond donors (Lipinski definition) is 1. The molecular formula is C22H27N5O. The number of fused-ring (bicyclic) bond motifs is 1. The minimum atomic E-state index is 0.658. The molecule has 1 fully saturated rings. The summed E-state index contributed by atoms with van der Waals surface area (Å²) in [6, 6.07) is 12.7. The Hall–Kier alpha value is -2.62. The number of nitriles is 1. The molecule has 0 saturated carbocycles. The first-order valence-electron chi connectivity index (χ1n) is 10.1. The maximum absolute atomic E-state index is 9.92. The summed E-state index contributed by atoms with van der Waals surface area (Å²) in [5.41, 5.74) is 4.27. The lowest BCUT2D eigenvalue weighted by Gasteiger charge is -2.35. The van der Waals surface area contributed by atoms with Gasteiger partial charge < -0.3 is 15.0 Å². The maximum Gasteiger partial charge on any atom is 0.146 e. The molecule has 6 nitrogen and oxygen atoms in total. The van der Waals surface area contributed by atoms with Crippen molar-refractivity contribution in [2.75, 3.05) is 49.6 Å². The summed E-state index contributed by atoms with van der Waals surface area (Å²) in [6.45, 7) is 8.84. The Labute approximate surface area is 166 Å². The topological polar surface area (TPSA) is 64.4 Å². The average molecular weight is 377 g/mol. The van der Waals surface area contributed by atoms with E-state index in [9.17, 15) is 5.26 Å². The normalized spacial score (nSPS) is 17.1. The highest BCUT2D eigenvalue weighted by Crippen LogP contribution is 2.34. The van der Waals surface area contributed by atoms with E-state index in [0.29, 0.717) is 17.9 Å². The van der Waals surface area contributed by atoms with Crippen LogP contribution in [0.15, 0.2) is 30.3 Å². The van der Waals surface area contributed by atoms with Gasteiger partial charge in [-0.3, -0.25) is 4.90 Å². The van der Waals surface area contributed by atoms with Crippen LogP contribution in [0.4, 0.5) is 11.6 Å². The number of benzene rings is 1.